The number of thiophene rings is 1. The van der Waals surface area contributed by atoms with Crippen LogP contribution in [0.15, 0.2) is 12.1 Å². The lowest BCUT2D eigenvalue weighted by molar-refractivity contribution is 0.376. The second kappa shape index (κ2) is 4.80. The summed E-state index contributed by atoms with van der Waals surface area (Å²) in [4.78, 5) is 1.32. The molecule has 0 bridgehead atoms. The van der Waals surface area contributed by atoms with Gasteiger partial charge in [-0.15, -0.1) is 11.3 Å². The van der Waals surface area contributed by atoms with Crippen LogP contribution in [0, 0.1) is 0 Å². The normalized spacial score (nSPS) is 11.7. The summed E-state index contributed by atoms with van der Waals surface area (Å²) >= 11 is 1.70. The number of hydrogen-bond donors (Lipinski definition) is 1. The molecule has 2 nitrogen and oxygen atoms in total. The van der Waals surface area contributed by atoms with Crippen LogP contribution in [0.5, 0.6) is 5.06 Å². The third-order valence-electron chi connectivity index (χ3n) is 2.46. The van der Waals surface area contributed by atoms with Crippen LogP contribution in [0.2, 0.25) is 0 Å². The van der Waals surface area contributed by atoms with Crippen molar-refractivity contribution >= 4 is 11.3 Å². The summed E-state index contributed by atoms with van der Waals surface area (Å²) in [5.41, 5.74) is 0.219. The third-order valence-corrected chi connectivity index (χ3v) is 3.51. The van der Waals surface area contributed by atoms with Crippen molar-refractivity contribution in [3.05, 3.63) is 17.0 Å². The second-order valence-corrected chi connectivity index (χ2v) is 5.15. The van der Waals surface area contributed by atoms with Crippen LogP contribution in [0.4, 0.5) is 0 Å². The zero-order chi connectivity index (χ0) is 10.6. The third kappa shape index (κ3) is 3.31. The molecule has 14 heavy (non-hydrogen) atoms. The quantitative estimate of drug-likeness (QED) is 0.811. The standard InChI is InChI=1S/C11H19NOS/c1-5-11(2,3)12-8-9-6-7-10(13-4)14-9/h6-7,12H,5,8H2,1-4H3. The van der Waals surface area contributed by atoms with Gasteiger partial charge in [-0.2, -0.15) is 0 Å². The Balaban J connectivity index is 2.45. The van der Waals surface area contributed by atoms with Crippen molar-refractivity contribution in [2.24, 2.45) is 0 Å². The summed E-state index contributed by atoms with van der Waals surface area (Å²) in [5, 5.41) is 4.50. The summed E-state index contributed by atoms with van der Waals surface area (Å²) < 4.78 is 5.14. The largest absolute Gasteiger partial charge is 0.487 e. The summed E-state index contributed by atoms with van der Waals surface area (Å²) in [6.07, 6.45) is 1.13. The van der Waals surface area contributed by atoms with Crippen molar-refractivity contribution in [3.63, 3.8) is 0 Å². The molecule has 0 saturated heterocycles. The Bertz CT molecular complexity index is 281. The molecule has 0 aliphatic rings. The first kappa shape index (κ1) is 11.5. The van der Waals surface area contributed by atoms with E-state index in [1.807, 2.05) is 6.07 Å². The first-order chi connectivity index (χ1) is 6.57. The minimum absolute atomic E-state index is 0.219. The molecule has 1 aromatic rings. The predicted octanol–water partition coefficient (Wildman–Crippen LogP) is 3.03. The van der Waals surface area contributed by atoms with Gasteiger partial charge in [-0.1, -0.05) is 6.92 Å². The molecule has 3 heteroatoms. The van der Waals surface area contributed by atoms with E-state index in [2.05, 4.69) is 32.2 Å². The molecule has 0 aliphatic carbocycles. The molecule has 0 atom stereocenters. The van der Waals surface area contributed by atoms with Crippen LogP contribution in [0.3, 0.4) is 0 Å². The minimum Gasteiger partial charge on any atom is -0.487 e. The Morgan fingerprint density at radius 1 is 1.43 bits per heavy atom. The van der Waals surface area contributed by atoms with Crippen LogP contribution in [-0.2, 0) is 6.54 Å². The molecule has 0 fully saturated rings. The molecule has 1 aromatic heterocycles. The Hall–Kier alpha value is -0.540. The monoisotopic (exact) mass is 213 g/mol. The van der Waals surface area contributed by atoms with Gasteiger partial charge in [0.25, 0.3) is 0 Å². The molecular formula is C11H19NOS. The van der Waals surface area contributed by atoms with Crippen LogP contribution in [0.25, 0.3) is 0 Å². The van der Waals surface area contributed by atoms with Crippen molar-refractivity contribution in [3.8, 4) is 5.06 Å². The Kier molecular flexibility index (Phi) is 3.96. The number of nitrogens with one attached hydrogen (secondary N) is 1. The molecule has 1 rings (SSSR count). The lowest BCUT2D eigenvalue weighted by Crippen LogP contribution is -2.37. The molecule has 0 aromatic carbocycles. The summed E-state index contributed by atoms with van der Waals surface area (Å²) in [6, 6.07) is 4.13. The molecule has 0 unspecified atom stereocenters. The van der Waals surface area contributed by atoms with Crippen molar-refractivity contribution in [2.45, 2.75) is 39.3 Å². The van der Waals surface area contributed by atoms with Crippen molar-refractivity contribution in [2.75, 3.05) is 7.11 Å². The first-order valence-corrected chi connectivity index (χ1v) is 5.77. The average molecular weight is 213 g/mol. The van der Waals surface area contributed by atoms with E-state index in [9.17, 15) is 0 Å². The van der Waals surface area contributed by atoms with E-state index >= 15 is 0 Å². The van der Waals surface area contributed by atoms with Gasteiger partial charge in [0.2, 0.25) is 0 Å². The number of methoxy groups -OCH3 is 1. The highest BCUT2D eigenvalue weighted by molar-refractivity contribution is 7.13. The molecule has 1 heterocycles. The van der Waals surface area contributed by atoms with E-state index in [0.717, 1.165) is 18.0 Å². The molecule has 0 saturated carbocycles. The average Bonchev–Trinajstić information content (AvgIpc) is 2.63. The highest BCUT2D eigenvalue weighted by Crippen LogP contribution is 2.24. The van der Waals surface area contributed by atoms with Crippen LogP contribution in [-0.4, -0.2) is 12.6 Å². The highest BCUT2D eigenvalue weighted by Gasteiger charge is 2.13. The number of ether oxygens (including phenoxy) is 1. The van der Waals surface area contributed by atoms with Gasteiger partial charge in [0.05, 0.1) is 7.11 Å². The smallest absolute Gasteiger partial charge is 0.173 e. The lowest BCUT2D eigenvalue weighted by Gasteiger charge is -2.24. The van der Waals surface area contributed by atoms with Gasteiger partial charge >= 0.3 is 0 Å². The van der Waals surface area contributed by atoms with E-state index in [1.54, 1.807) is 18.4 Å². The molecule has 0 aliphatic heterocycles. The Labute approximate surface area is 90.3 Å². The highest BCUT2D eigenvalue weighted by atomic mass is 32.1. The second-order valence-electron chi connectivity index (χ2n) is 4.02. The molecule has 0 radical (unpaired) electrons. The predicted molar refractivity (Wildman–Crippen MR) is 62.1 cm³/mol. The number of hydrogen-bond acceptors (Lipinski definition) is 3. The van der Waals surface area contributed by atoms with E-state index in [1.165, 1.54) is 4.88 Å². The summed E-state index contributed by atoms with van der Waals surface area (Å²) in [6.45, 7) is 7.56. The van der Waals surface area contributed by atoms with Gasteiger partial charge < -0.3 is 10.1 Å². The van der Waals surface area contributed by atoms with Gasteiger partial charge in [0.1, 0.15) is 0 Å². The van der Waals surface area contributed by atoms with Crippen molar-refractivity contribution in [1.82, 2.24) is 5.32 Å². The van der Waals surface area contributed by atoms with E-state index in [0.29, 0.717) is 0 Å². The van der Waals surface area contributed by atoms with Crippen LogP contribution < -0.4 is 10.1 Å². The van der Waals surface area contributed by atoms with Crippen molar-refractivity contribution in [1.29, 1.82) is 0 Å². The maximum atomic E-state index is 5.14. The number of rotatable bonds is 5. The molecular weight excluding hydrogens is 194 g/mol. The van der Waals surface area contributed by atoms with Crippen LogP contribution in [0.1, 0.15) is 32.1 Å². The fourth-order valence-electron chi connectivity index (χ4n) is 1.01. The fourth-order valence-corrected chi connectivity index (χ4v) is 1.77. The van der Waals surface area contributed by atoms with E-state index < -0.39 is 0 Å². The topological polar surface area (TPSA) is 21.3 Å². The minimum atomic E-state index is 0.219. The fraction of sp³-hybridized carbons (Fsp3) is 0.636. The summed E-state index contributed by atoms with van der Waals surface area (Å²) in [5.74, 6) is 0. The molecule has 80 valence electrons. The zero-order valence-electron chi connectivity index (χ0n) is 9.39. The van der Waals surface area contributed by atoms with Crippen LogP contribution >= 0.6 is 11.3 Å². The van der Waals surface area contributed by atoms with E-state index in [-0.39, 0.29) is 5.54 Å². The Morgan fingerprint density at radius 2 is 2.14 bits per heavy atom. The molecule has 0 amide bonds. The van der Waals surface area contributed by atoms with Gasteiger partial charge in [-0.05, 0) is 32.4 Å². The van der Waals surface area contributed by atoms with Gasteiger partial charge in [-0.25, -0.2) is 0 Å². The molecule has 1 N–H and O–H groups in total. The maximum Gasteiger partial charge on any atom is 0.173 e. The SMILES string of the molecule is CCC(C)(C)NCc1ccc(OC)s1. The zero-order valence-corrected chi connectivity index (χ0v) is 10.2. The van der Waals surface area contributed by atoms with Crippen molar-refractivity contribution < 1.29 is 4.74 Å². The Morgan fingerprint density at radius 3 is 2.64 bits per heavy atom. The van der Waals surface area contributed by atoms with Gasteiger partial charge in [0.15, 0.2) is 5.06 Å². The lowest BCUT2D eigenvalue weighted by atomic mass is 10.0. The maximum absolute atomic E-state index is 5.14. The van der Waals surface area contributed by atoms with Gasteiger partial charge in [-0.3, -0.25) is 0 Å². The first-order valence-electron chi connectivity index (χ1n) is 4.95. The molecule has 0 spiro atoms. The van der Waals surface area contributed by atoms with Gasteiger partial charge in [0, 0.05) is 17.0 Å². The van der Waals surface area contributed by atoms with E-state index in [4.69, 9.17) is 4.74 Å². The summed E-state index contributed by atoms with van der Waals surface area (Å²) in [7, 11) is 1.71.